The van der Waals surface area contributed by atoms with Gasteiger partial charge in [0.05, 0.1) is 21.5 Å². The van der Waals surface area contributed by atoms with Crippen LogP contribution in [0.1, 0.15) is 5.56 Å². The number of H-pyrrole nitrogens is 1. The zero-order valence-corrected chi connectivity index (χ0v) is 11.6. The average molecular weight is 298 g/mol. The van der Waals surface area contributed by atoms with E-state index < -0.39 is 4.92 Å². The summed E-state index contributed by atoms with van der Waals surface area (Å²) in [6.45, 7) is -0.177. The Morgan fingerprint density at radius 1 is 1.23 bits per heavy atom. The van der Waals surface area contributed by atoms with Gasteiger partial charge in [0, 0.05) is 30.3 Å². The Hall–Kier alpha value is -2.93. The molecule has 0 unspecified atom stereocenters. The van der Waals surface area contributed by atoms with E-state index in [0.29, 0.717) is 28.1 Å². The van der Waals surface area contributed by atoms with E-state index >= 15 is 0 Å². The van der Waals surface area contributed by atoms with Crippen molar-refractivity contribution in [2.75, 3.05) is 12.3 Å². The molecule has 1 aromatic heterocycles. The quantitative estimate of drug-likeness (QED) is 0.388. The molecule has 0 radical (unpaired) electrons. The van der Waals surface area contributed by atoms with Gasteiger partial charge in [-0.2, -0.15) is 0 Å². The molecule has 0 bridgehead atoms. The van der Waals surface area contributed by atoms with Crippen LogP contribution in [0.4, 0.5) is 11.4 Å². The molecule has 4 N–H and O–H groups in total. The average Bonchev–Trinajstić information content (AvgIpc) is 2.92. The van der Waals surface area contributed by atoms with Crippen LogP contribution in [-0.2, 0) is 6.42 Å². The highest BCUT2D eigenvalue weighted by Gasteiger charge is 2.19. The number of imidazole rings is 1. The smallest absolute Gasteiger partial charge is 0.274 e. The minimum Gasteiger partial charge on any atom is -0.399 e. The predicted octanol–water partition coefficient (Wildman–Crippen LogP) is 2.26. The monoisotopic (exact) mass is 298 g/mol. The molecule has 7 heteroatoms. The van der Waals surface area contributed by atoms with E-state index in [2.05, 4.69) is 9.97 Å². The van der Waals surface area contributed by atoms with Crippen LogP contribution in [0.25, 0.3) is 22.4 Å². The lowest BCUT2D eigenvalue weighted by Gasteiger charge is -2.01. The predicted molar refractivity (Wildman–Crippen MR) is 83.4 cm³/mol. The lowest BCUT2D eigenvalue weighted by Crippen LogP contribution is -1.99. The van der Waals surface area contributed by atoms with E-state index in [-0.39, 0.29) is 18.7 Å². The highest BCUT2D eigenvalue weighted by atomic mass is 16.6. The van der Waals surface area contributed by atoms with Gasteiger partial charge in [-0.1, -0.05) is 0 Å². The molecule has 0 aliphatic heterocycles. The molecule has 0 fully saturated rings. The third-order valence-corrected chi connectivity index (χ3v) is 3.48. The van der Waals surface area contributed by atoms with Crippen molar-refractivity contribution in [3.8, 4) is 11.4 Å². The zero-order valence-electron chi connectivity index (χ0n) is 11.6. The second-order valence-corrected chi connectivity index (χ2v) is 4.90. The van der Waals surface area contributed by atoms with Gasteiger partial charge in [-0.05, 0) is 30.3 Å². The van der Waals surface area contributed by atoms with Crippen molar-refractivity contribution in [3.63, 3.8) is 0 Å². The van der Waals surface area contributed by atoms with Crippen molar-refractivity contribution in [2.45, 2.75) is 6.42 Å². The summed E-state index contributed by atoms with van der Waals surface area (Å²) in [7, 11) is 0. The molecule has 0 saturated carbocycles. The van der Waals surface area contributed by atoms with Crippen molar-refractivity contribution in [1.82, 2.24) is 9.97 Å². The summed E-state index contributed by atoms with van der Waals surface area (Å²) in [6, 6.07) is 10.2. The normalized spacial score (nSPS) is 11.0. The Morgan fingerprint density at radius 3 is 2.59 bits per heavy atom. The highest BCUT2D eigenvalue weighted by molar-refractivity contribution is 5.85. The summed E-state index contributed by atoms with van der Waals surface area (Å²) >= 11 is 0. The first-order valence-electron chi connectivity index (χ1n) is 6.73. The molecule has 112 valence electrons. The summed E-state index contributed by atoms with van der Waals surface area (Å²) in [4.78, 5) is 18.3. The standard InChI is InChI=1S/C15H14N4O3/c16-10-3-1-9(2-4-10)15-17-12-5-6-13(19(21)22)11(7-8-20)14(12)18-15/h1-6,20H,7-8,16H2,(H,17,18). The maximum absolute atomic E-state index is 11.1. The molecule has 0 aliphatic rings. The molecule has 3 rings (SSSR count). The Bertz CT molecular complexity index is 840. The topological polar surface area (TPSA) is 118 Å². The first-order chi connectivity index (χ1) is 10.6. The minimum absolute atomic E-state index is 0.0306. The van der Waals surface area contributed by atoms with Gasteiger partial charge in [0.2, 0.25) is 0 Å². The number of aliphatic hydroxyl groups excluding tert-OH is 1. The van der Waals surface area contributed by atoms with Gasteiger partial charge in [0.15, 0.2) is 0 Å². The van der Waals surface area contributed by atoms with Gasteiger partial charge < -0.3 is 15.8 Å². The van der Waals surface area contributed by atoms with Gasteiger partial charge in [-0.15, -0.1) is 0 Å². The molecule has 0 saturated heterocycles. The second-order valence-electron chi connectivity index (χ2n) is 4.90. The molecule has 0 aliphatic carbocycles. The number of nitro benzene ring substituents is 1. The summed E-state index contributed by atoms with van der Waals surface area (Å²) in [5, 5.41) is 20.3. The van der Waals surface area contributed by atoms with E-state index in [9.17, 15) is 10.1 Å². The fraction of sp³-hybridized carbons (Fsp3) is 0.133. The molecule has 22 heavy (non-hydrogen) atoms. The van der Waals surface area contributed by atoms with E-state index in [1.807, 2.05) is 12.1 Å². The van der Waals surface area contributed by atoms with E-state index in [4.69, 9.17) is 10.8 Å². The first kappa shape index (κ1) is 14.0. The maximum atomic E-state index is 11.1. The Labute approximate surface area is 125 Å². The molecule has 0 amide bonds. The number of anilines is 1. The molecule has 0 spiro atoms. The number of aliphatic hydroxyl groups is 1. The third-order valence-electron chi connectivity index (χ3n) is 3.48. The Kier molecular flexibility index (Phi) is 3.48. The number of rotatable bonds is 4. The van der Waals surface area contributed by atoms with Crippen LogP contribution in [0.15, 0.2) is 36.4 Å². The van der Waals surface area contributed by atoms with Gasteiger partial charge in [0.1, 0.15) is 5.82 Å². The van der Waals surface area contributed by atoms with Crippen molar-refractivity contribution in [2.24, 2.45) is 0 Å². The Balaban J connectivity index is 2.18. The number of aromatic amines is 1. The SMILES string of the molecule is Nc1ccc(-c2nc3c(CCO)c([N+](=O)[O-])ccc3[nH]2)cc1. The fourth-order valence-electron chi connectivity index (χ4n) is 2.43. The molecule has 1 heterocycles. The molecule has 2 aromatic carbocycles. The third kappa shape index (κ3) is 2.38. The van der Waals surface area contributed by atoms with Crippen LogP contribution in [-0.4, -0.2) is 26.6 Å². The number of nitrogens with one attached hydrogen (secondary N) is 1. The van der Waals surface area contributed by atoms with Crippen LogP contribution < -0.4 is 5.73 Å². The summed E-state index contributed by atoms with van der Waals surface area (Å²) in [5.41, 5.74) is 8.76. The van der Waals surface area contributed by atoms with Crippen LogP contribution >= 0.6 is 0 Å². The molecular formula is C15H14N4O3. The summed E-state index contributed by atoms with van der Waals surface area (Å²) < 4.78 is 0. The number of fused-ring (bicyclic) bond motifs is 1. The van der Waals surface area contributed by atoms with E-state index in [0.717, 1.165) is 5.56 Å². The molecule has 3 aromatic rings. The number of benzene rings is 2. The first-order valence-corrected chi connectivity index (χ1v) is 6.73. The molecule has 7 nitrogen and oxygen atoms in total. The highest BCUT2D eigenvalue weighted by Crippen LogP contribution is 2.29. The number of hydrogen-bond donors (Lipinski definition) is 3. The number of nitro groups is 1. The number of nitrogens with zero attached hydrogens (tertiary/aromatic N) is 2. The number of nitrogens with two attached hydrogens (primary N) is 1. The van der Waals surface area contributed by atoms with Crippen LogP contribution in [0.5, 0.6) is 0 Å². The van der Waals surface area contributed by atoms with Gasteiger partial charge in [-0.3, -0.25) is 10.1 Å². The van der Waals surface area contributed by atoms with Crippen molar-refractivity contribution in [1.29, 1.82) is 0 Å². The summed E-state index contributed by atoms with van der Waals surface area (Å²) in [5.74, 6) is 0.606. The molecular weight excluding hydrogens is 284 g/mol. The second kappa shape index (κ2) is 5.45. The van der Waals surface area contributed by atoms with Crippen molar-refractivity contribution in [3.05, 3.63) is 52.1 Å². The van der Waals surface area contributed by atoms with E-state index in [1.54, 1.807) is 18.2 Å². The molecule has 0 atom stereocenters. The largest absolute Gasteiger partial charge is 0.399 e. The maximum Gasteiger partial charge on any atom is 0.274 e. The van der Waals surface area contributed by atoms with E-state index in [1.165, 1.54) is 6.07 Å². The van der Waals surface area contributed by atoms with Crippen LogP contribution in [0.2, 0.25) is 0 Å². The van der Waals surface area contributed by atoms with Gasteiger partial charge in [0.25, 0.3) is 5.69 Å². The Morgan fingerprint density at radius 2 is 1.95 bits per heavy atom. The minimum atomic E-state index is -0.456. The zero-order chi connectivity index (χ0) is 15.7. The van der Waals surface area contributed by atoms with Gasteiger partial charge in [-0.25, -0.2) is 4.98 Å². The fourth-order valence-corrected chi connectivity index (χ4v) is 2.43. The number of nitrogen functional groups attached to an aromatic ring is 1. The van der Waals surface area contributed by atoms with Crippen LogP contribution in [0, 0.1) is 10.1 Å². The van der Waals surface area contributed by atoms with Crippen molar-refractivity contribution < 1.29 is 10.0 Å². The number of hydrogen-bond acceptors (Lipinski definition) is 5. The van der Waals surface area contributed by atoms with Gasteiger partial charge >= 0.3 is 0 Å². The number of aromatic nitrogens is 2. The lowest BCUT2D eigenvalue weighted by molar-refractivity contribution is -0.385. The van der Waals surface area contributed by atoms with Crippen molar-refractivity contribution >= 4 is 22.4 Å². The lowest BCUT2D eigenvalue weighted by atomic mass is 10.1. The van der Waals surface area contributed by atoms with Crippen LogP contribution in [0.3, 0.4) is 0 Å². The summed E-state index contributed by atoms with van der Waals surface area (Å²) in [6.07, 6.45) is 0.180.